The maximum absolute atomic E-state index is 13.2. The molecule has 37 heavy (non-hydrogen) atoms. The number of imidazole rings is 1. The molecule has 0 saturated heterocycles. The third-order valence-corrected chi connectivity index (χ3v) is 7.18. The van der Waals surface area contributed by atoms with Crippen LogP contribution in [0.4, 0.5) is 4.39 Å². The van der Waals surface area contributed by atoms with Crippen LogP contribution >= 0.6 is 0 Å². The Morgan fingerprint density at radius 3 is 2.86 bits per heavy atom. The number of methoxy groups -OCH3 is 1. The lowest BCUT2D eigenvalue weighted by Gasteiger charge is -2.30. The Morgan fingerprint density at radius 2 is 2.11 bits per heavy atom. The number of ether oxygens (including phenoxy) is 1. The van der Waals surface area contributed by atoms with Crippen molar-refractivity contribution in [2.75, 3.05) is 26.9 Å². The molecular weight excluding hydrogens is 473 g/mol. The fraction of sp³-hybridized carbons (Fsp3) is 0.286. The van der Waals surface area contributed by atoms with Crippen molar-refractivity contribution in [2.24, 2.45) is 12.8 Å². The van der Waals surface area contributed by atoms with E-state index in [1.807, 2.05) is 31.3 Å². The molecule has 0 bridgehead atoms. The van der Waals surface area contributed by atoms with Crippen molar-refractivity contribution in [1.82, 2.24) is 19.0 Å². The first-order chi connectivity index (χ1) is 18.0. The summed E-state index contributed by atoms with van der Waals surface area (Å²) >= 11 is 0. The number of hydrogen-bond acceptors (Lipinski definition) is 5. The van der Waals surface area contributed by atoms with Gasteiger partial charge < -0.3 is 28.9 Å². The second kappa shape index (κ2) is 9.08. The van der Waals surface area contributed by atoms with E-state index < -0.39 is 12.7 Å². The Morgan fingerprint density at radius 1 is 1.24 bits per heavy atom. The van der Waals surface area contributed by atoms with Crippen molar-refractivity contribution in [2.45, 2.75) is 19.0 Å². The van der Waals surface area contributed by atoms with E-state index in [1.165, 1.54) is 0 Å². The molecular formula is C28H28FN5O3. The number of alkyl halides is 1. The van der Waals surface area contributed by atoms with E-state index >= 15 is 0 Å². The number of aryl methyl sites for hydroxylation is 1. The van der Waals surface area contributed by atoms with Crippen LogP contribution < -0.4 is 10.5 Å². The number of para-hydroxylation sites is 1. The minimum atomic E-state index is -0.676. The lowest BCUT2D eigenvalue weighted by Crippen LogP contribution is -2.45. The third-order valence-electron chi connectivity index (χ3n) is 7.18. The highest BCUT2D eigenvalue weighted by molar-refractivity contribution is 6.01. The van der Waals surface area contributed by atoms with Gasteiger partial charge in [-0.1, -0.05) is 12.1 Å². The van der Waals surface area contributed by atoms with Gasteiger partial charge in [0.25, 0.3) is 5.91 Å². The maximum atomic E-state index is 13.2. The normalized spacial score (nSPS) is 14.5. The molecule has 0 saturated carbocycles. The summed E-state index contributed by atoms with van der Waals surface area (Å²) in [6.07, 6.45) is 4.09. The smallest absolute Gasteiger partial charge is 0.254 e. The van der Waals surface area contributed by atoms with Crippen molar-refractivity contribution >= 4 is 27.8 Å². The Bertz CT molecular complexity index is 1620. The minimum Gasteiger partial charge on any atom is -0.495 e. The van der Waals surface area contributed by atoms with Gasteiger partial charge in [-0.15, -0.1) is 0 Å². The van der Waals surface area contributed by atoms with E-state index in [-0.39, 0.29) is 12.5 Å². The number of amides is 1. The first-order valence-corrected chi connectivity index (χ1v) is 12.3. The quantitative estimate of drug-likeness (QED) is 0.362. The molecule has 4 heterocycles. The summed E-state index contributed by atoms with van der Waals surface area (Å²) in [5.41, 5.74) is 12.0. The first-order valence-electron chi connectivity index (χ1n) is 12.3. The molecule has 0 radical (unpaired) electrons. The zero-order valence-corrected chi connectivity index (χ0v) is 20.8. The van der Waals surface area contributed by atoms with Gasteiger partial charge in [0.2, 0.25) is 0 Å². The number of nitrogens with two attached hydrogens (primary N) is 1. The Hall–Kier alpha value is -4.11. The van der Waals surface area contributed by atoms with Gasteiger partial charge in [0.05, 0.1) is 54.5 Å². The molecule has 1 amide bonds. The van der Waals surface area contributed by atoms with E-state index in [1.54, 1.807) is 24.5 Å². The number of furan rings is 1. The predicted molar refractivity (Wildman–Crippen MR) is 140 cm³/mol. The van der Waals surface area contributed by atoms with E-state index in [2.05, 4.69) is 27.3 Å². The molecule has 1 aliphatic rings. The van der Waals surface area contributed by atoms with Crippen LogP contribution in [0.15, 0.2) is 59.4 Å². The summed E-state index contributed by atoms with van der Waals surface area (Å²) in [5.74, 6) is 1.43. The summed E-state index contributed by atoms with van der Waals surface area (Å²) in [5, 5.41) is 1.04. The van der Waals surface area contributed by atoms with Crippen LogP contribution in [0, 0.1) is 0 Å². The molecule has 6 rings (SSSR count). The fourth-order valence-electron chi connectivity index (χ4n) is 5.32. The zero-order valence-electron chi connectivity index (χ0n) is 20.8. The van der Waals surface area contributed by atoms with Gasteiger partial charge in [-0.2, -0.15) is 0 Å². The largest absolute Gasteiger partial charge is 0.495 e. The average Bonchev–Trinajstić information content (AvgIpc) is 3.63. The lowest BCUT2D eigenvalue weighted by atomic mass is 9.97. The van der Waals surface area contributed by atoms with Crippen molar-refractivity contribution < 1.29 is 18.3 Å². The number of carbonyl (C=O) groups excluding carboxylic acids is 1. The highest BCUT2D eigenvalue weighted by Crippen LogP contribution is 2.36. The maximum Gasteiger partial charge on any atom is 0.254 e. The number of nitrogens with zero attached hydrogens (tertiary/aromatic N) is 4. The molecule has 1 atom stereocenters. The monoisotopic (exact) mass is 501 g/mol. The topological polar surface area (TPSA) is 91.5 Å². The van der Waals surface area contributed by atoms with Crippen LogP contribution in [0.5, 0.6) is 5.75 Å². The Kier molecular flexibility index (Phi) is 5.72. The van der Waals surface area contributed by atoms with Crippen LogP contribution in [0.25, 0.3) is 33.5 Å². The number of fused-ring (bicyclic) bond motifs is 3. The fourth-order valence-corrected chi connectivity index (χ4v) is 5.32. The molecule has 0 fully saturated rings. The number of benzene rings is 2. The van der Waals surface area contributed by atoms with E-state index in [4.69, 9.17) is 19.9 Å². The molecule has 2 N–H and O–H groups in total. The van der Waals surface area contributed by atoms with Crippen LogP contribution in [-0.4, -0.2) is 57.8 Å². The molecule has 0 spiro atoms. The first kappa shape index (κ1) is 23.3. The van der Waals surface area contributed by atoms with E-state index in [0.29, 0.717) is 25.1 Å². The van der Waals surface area contributed by atoms with Gasteiger partial charge in [-0.25, -0.2) is 9.37 Å². The van der Waals surface area contributed by atoms with Crippen molar-refractivity contribution in [3.05, 3.63) is 71.7 Å². The SMILES string of the molecule is COc1cccc2cc(-c3nc4cc5c(cc4n3C)CCN(C[C@H](N)CF)C5=O)n(Cc3ccoc3)c12. The minimum absolute atomic E-state index is 0.127. The van der Waals surface area contributed by atoms with Gasteiger partial charge >= 0.3 is 0 Å². The third kappa shape index (κ3) is 3.86. The number of carbonyl (C=O) groups is 1. The lowest BCUT2D eigenvalue weighted by molar-refractivity contribution is 0.0725. The summed E-state index contributed by atoms with van der Waals surface area (Å²) in [4.78, 5) is 19.8. The Balaban J connectivity index is 1.49. The van der Waals surface area contributed by atoms with Gasteiger partial charge in [0, 0.05) is 36.7 Å². The molecule has 9 heteroatoms. The van der Waals surface area contributed by atoms with Gasteiger partial charge in [0.1, 0.15) is 12.4 Å². The second-order valence-electron chi connectivity index (χ2n) is 9.55. The molecule has 190 valence electrons. The van der Waals surface area contributed by atoms with Gasteiger partial charge in [0.15, 0.2) is 5.82 Å². The molecule has 8 nitrogen and oxygen atoms in total. The molecule has 0 unspecified atom stereocenters. The van der Waals surface area contributed by atoms with Crippen LogP contribution in [0.3, 0.4) is 0 Å². The van der Waals surface area contributed by atoms with Gasteiger partial charge in [-0.05, 0) is 42.3 Å². The Labute approximate surface area is 213 Å². The number of halogens is 1. The molecule has 5 aromatic rings. The summed E-state index contributed by atoms with van der Waals surface area (Å²) in [6.45, 7) is 0.652. The number of aromatic nitrogens is 3. The summed E-state index contributed by atoms with van der Waals surface area (Å²) in [7, 11) is 3.66. The molecule has 0 aliphatic carbocycles. The molecule has 3 aromatic heterocycles. The van der Waals surface area contributed by atoms with Gasteiger partial charge in [-0.3, -0.25) is 4.79 Å². The molecule has 1 aliphatic heterocycles. The van der Waals surface area contributed by atoms with E-state index in [0.717, 1.165) is 50.3 Å². The highest BCUT2D eigenvalue weighted by atomic mass is 19.1. The summed E-state index contributed by atoms with van der Waals surface area (Å²) < 4.78 is 28.3. The van der Waals surface area contributed by atoms with Crippen LogP contribution in [-0.2, 0) is 20.0 Å². The van der Waals surface area contributed by atoms with E-state index in [9.17, 15) is 9.18 Å². The number of rotatable bonds is 7. The van der Waals surface area contributed by atoms with Crippen molar-refractivity contribution in [3.63, 3.8) is 0 Å². The molecule has 2 aromatic carbocycles. The number of hydrogen-bond donors (Lipinski definition) is 1. The highest BCUT2D eigenvalue weighted by Gasteiger charge is 2.28. The second-order valence-corrected chi connectivity index (χ2v) is 9.55. The van der Waals surface area contributed by atoms with Crippen molar-refractivity contribution in [1.29, 1.82) is 0 Å². The predicted octanol–water partition coefficient (Wildman–Crippen LogP) is 4.14. The van der Waals surface area contributed by atoms with Crippen molar-refractivity contribution in [3.8, 4) is 17.3 Å². The standard InChI is InChI=1S/C28H28FN5O3/c1-32-23-10-18-6-8-33(15-20(30)13-29)28(35)21(18)12-22(23)31-27(32)24-11-19-4-3-5-25(36-2)26(19)34(24)14-17-7-9-37-16-17/h3-5,7,9-12,16,20H,6,8,13-15,30H2,1-2H3/t20-/m1/s1. The summed E-state index contributed by atoms with van der Waals surface area (Å²) in [6, 6.07) is 13.3. The average molecular weight is 502 g/mol. The van der Waals surface area contributed by atoms with Crippen LogP contribution in [0.1, 0.15) is 21.5 Å². The van der Waals surface area contributed by atoms with Crippen LogP contribution in [0.2, 0.25) is 0 Å². The zero-order chi connectivity index (χ0) is 25.7.